The highest BCUT2D eigenvalue weighted by Gasteiger charge is 2.23. The molecule has 4 nitrogen and oxygen atoms in total. The van der Waals surface area contributed by atoms with Crippen molar-refractivity contribution in [3.63, 3.8) is 0 Å². The molecule has 18 heavy (non-hydrogen) atoms. The zero-order chi connectivity index (χ0) is 13.0. The lowest BCUT2D eigenvalue weighted by Crippen LogP contribution is -2.25. The molecular formula is C14H19NO3. The summed E-state index contributed by atoms with van der Waals surface area (Å²) in [6.45, 7) is 0. The van der Waals surface area contributed by atoms with Gasteiger partial charge < -0.3 is 15.2 Å². The maximum Gasteiger partial charge on any atom is 0.162 e. The van der Waals surface area contributed by atoms with E-state index in [2.05, 4.69) is 5.32 Å². The van der Waals surface area contributed by atoms with Crippen molar-refractivity contribution in [3.05, 3.63) is 35.4 Å². The lowest BCUT2D eigenvalue weighted by atomic mass is 9.91. The summed E-state index contributed by atoms with van der Waals surface area (Å²) in [4.78, 5) is 11.7. The maximum atomic E-state index is 11.7. The Bertz CT molecular complexity index is 421. The highest BCUT2D eigenvalue weighted by molar-refractivity contribution is 5.96. The first kappa shape index (κ1) is 12.9. The van der Waals surface area contributed by atoms with Crippen LogP contribution >= 0.6 is 0 Å². The molecule has 2 aliphatic carbocycles. The van der Waals surface area contributed by atoms with E-state index in [-0.39, 0.29) is 5.78 Å². The quantitative estimate of drug-likeness (QED) is 0.749. The molecule has 2 aliphatic rings. The number of ketones is 1. The normalized spacial score (nSPS) is 26.7. The van der Waals surface area contributed by atoms with Gasteiger partial charge in [0.25, 0.3) is 0 Å². The van der Waals surface area contributed by atoms with Crippen molar-refractivity contribution in [1.29, 1.82) is 0 Å². The molecule has 98 valence electrons. The van der Waals surface area contributed by atoms with Gasteiger partial charge in [-0.15, -0.1) is 0 Å². The third-order valence-corrected chi connectivity index (χ3v) is 3.35. The van der Waals surface area contributed by atoms with E-state index in [4.69, 9.17) is 4.74 Å². The fourth-order valence-corrected chi connectivity index (χ4v) is 2.20. The van der Waals surface area contributed by atoms with Crippen molar-refractivity contribution in [2.45, 2.75) is 38.2 Å². The van der Waals surface area contributed by atoms with E-state index in [1.54, 1.807) is 13.3 Å². The number of hydrogen-bond acceptors (Lipinski definition) is 4. The van der Waals surface area contributed by atoms with Crippen molar-refractivity contribution < 1.29 is 14.6 Å². The first-order chi connectivity index (χ1) is 8.70. The van der Waals surface area contributed by atoms with E-state index in [1.165, 1.54) is 0 Å². The van der Waals surface area contributed by atoms with E-state index in [9.17, 15) is 9.90 Å². The molecule has 2 rings (SSSR count). The predicted molar refractivity (Wildman–Crippen MR) is 68.5 cm³/mol. The van der Waals surface area contributed by atoms with Gasteiger partial charge in [0.2, 0.25) is 0 Å². The van der Waals surface area contributed by atoms with Crippen molar-refractivity contribution in [3.8, 4) is 0 Å². The summed E-state index contributed by atoms with van der Waals surface area (Å²) in [6, 6.07) is 0. The van der Waals surface area contributed by atoms with E-state index in [0.29, 0.717) is 18.4 Å². The molecule has 0 spiro atoms. The molecule has 0 saturated heterocycles. The molecule has 0 aromatic carbocycles. The molecule has 2 N–H and O–H groups in total. The molecule has 0 heterocycles. The number of nitrogens with one attached hydrogen (secondary N) is 1. The summed E-state index contributed by atoms with van der Waals surface area (Å²) < 4.78 is 5.15. The first-order valence-electron chi connectivity index (χ1n) is 6.32. The van der Waals surface area contributed by atoms with E-state index < -0.39 is 6.10 Å². The fourth-order valence-electron chi connectivity index (χ4n) is 2.20. The van der Waals surface area contributed by atoms with Crippen LogP contribution in [0.5, 0.6) is 0 Å². The smallest absolute Gasteiger partial charge is 0.162 e. The topological polar surface area (TPSA) is 58.6 Å². The number of Topliss-reactive ketones (excluding diaryl/α,β-unsaturated/α-hetero) is 1. The van der Waals surface area contributed by atoms with Gasteiger partial charge in [0, 0.05) is 30.3 Å². The van der Waals surface area contributed by atoms with Crippen LogP contribution < -0.4 is 5.32 Å². The molecule has 0 aliphatic heterocycles. The van der Waals surface area contributed by atoms with Crippen molar-refractivity contribution in [2.24, 2.45) is 0 Å². The van der Waals surface area contributed by atoms with Gasteiger partial charge in [-0.3, -0.25) is 4.79 Å². The second-order valence-electron chi connectivity index (χ2n) is 4.60. The van der Waals surface area contributed by atoms with Crippen LogP contribution in [0.15, 0.2) is 35.4 Å². The molecule has 1 atom stereocenters. The van der Waals surface area contributed by atoms with Gasteiger partial charge in [0.15, 0.2) is 5.78 Å². The maximum absolute atomic E-state index is 11.7. The lowest BCUT2D eigenvalue weighted by Gasteiger charge is -2.20. The Hall–Kier alpha value is -1.55. The summed E-state index contributed by atoms with van der Waals surface area (Å²) in [6.07, 6.45) is 8.60. The Kier molecular flexibility index (Phi) is 4.20. The standard InChI is InChI=1S/C14H19NO3/c1-18-11-7-5-10(6-8-11)15-9-12-13(16)3-2-4-14(12)17/h5,7,9,13,15-16H,2-4,6,8H2,1H3/b12-9+. The number of aliphatic hydroxyl groups excluding tert-OH is 1. The Morgan fingerprint density at radius 2 is 2.22 bits per heavy atom. The number of ether oxygens (including phenoxy) is 1. The zero-order valence-electron chi connectivity index (χ0n) is 10.6. The van der Waals surface area contributed by atoms with Gasteiger partial charge in [-0.25, -0.2) is 0 Å². The molecule has 0 bridgehead atoms. The number of allylic oxidation sites excluding steroid dienone is 4. The molecule has 0 radical (unpaired) electrons. The number of hydrogen-bond donors (Lipinski definition) is 2. The molecule has 0 aromatic rings. The third-order valence-electron chi connectivity index (χ3n) is 3.35. The molecule has 1 saturated carbocycles. The number of carbonyl (C=O) groups is 1. The van der Waals surface area contributed by atoms with E-state index in [0.717, 1.165) is 30.7 Å². The minimum atomic E-state index is -0.618. The number of carbonyl (C=O) groups excluding carboxylic acids is 1. The Labute approximate surface area is 107 Å². The summed E-state index contributed by atoms with van der Waals surface area (Å²) in [5.74, 6) is 1.01. The summed E-state index contributed by atoms with van der Waals surface area (Å²) in [5, 5.41) is 12.9. The predicted octanol–water partition coefficient (Wildman–Crippen LogP) is 1.78. The highest BCUT2D eigenvalue weighted by Crippen LogP contribution is 2.21. The van der Waals surface area contributed by atoms with E-state index in [1.807, 2.05) is 12.2 Å². The minimum absolute atomic E-state index is 0.0470. The van der Waals surface area contributed by atoms with Gasteiger partial charge in [-0.2, -0.15) is 0 Å². The molecular weight excluding hydrogens is 230 g/mol. The fraction of sp³-hybridized carbons (Fsp3) is 0.500. The number of methoxy groups -OCH3 is 1. The van der Waals surface area contributed by atoms with Crippen LogP contribution in [0.25, 0.3) is 0 Å². The Morgan fingerprint density at radius 3 is 2.83 bits per heavy atom. The molecule has 4 heteroatoms. The Morgan fingerprint density at radius 1 is 1.39 bits per heavy atom. The SMILES string of the molecule is COC1=CC=C(N/C=C2/C(=O)CCCC2O)CC1. The average Bonchev–Trinajstić information content (AvgIpc) is 2.39. The van der Waals surface area contributed by atoms with Crippen LogP contribution in [-0.2, 0) is 9.53 Å². The molecule has 0 aromatic heterocycles. The van der Waals surface area contributed by atoms with Crippen molar-refractivity contribution in [1.82, 2.24) is 5.32 Å². The second kappa shape index (κ2) is 5.87. The van der Waals surface area contributed by atoms with Gasteiger partial charge in [0.05, 0.1) is 19.0 Å². The first-order valence-corrected chi connectivity index (χ1v) is 6.32. The lowest BCUT2D eigenvalue weighted by molar-refractivity contribution is -0.117. The van der Waals surface area contributed by atoms with Crippen LogP contribution in [0.1, 0.15) is 32.1 Å². The van der Waals surface area contributed by atoms with Crippen molar-refractivity contribution in [2.75, 3.05) is 7.11 Å². The number of rotatable bonds is 3. The van der Waals surface area contributed by atoms with Crippen LogP contribution in [0, 0.1) is 0 Å². The van der Waals surface area contributed by atoms with Gasteiger partial charge >= 0.3 is 0 Å². The monoisotopic (exact) mass is 249 g/mol. The van der Waals surface area contributed by atoms with E-state index >= 15 is 0 Å². The summed E-state index contributed by atoms with van der Waals surface area (Å²) in [5.41, 5.74) is 1.54. The second-order valence-corrected chi connectivity index (χ2v) is 4.60. The molecule has 1 unspecified atom stereocenters. The third kappa shape index (κ3) is 3.01. The largest absolute Gasteiger partial charge is 0.501 e. The van der Waals surface area contributed by atoms with Gasteiger partial charge in [-0.05, 0) is 31.4 Å². The van der Waals surface area contributed by atoms with Crippen LogP contribution in [-0.4, -0.2) is 24.1 Å². The zero-order valence-corrected chi connectivity index (χ0v) is 10.6. The minimum Gasteiger partial charge on any atom is -0.501 e. The van der Waals surface area contributed by atoms with Gasteiger partial charge in [-0.1, -0.05) is 0 Å². The van der Waals surface area contributed by atoms with Crippen molar-refractivity contribution >= 4 is 5.78 Å². The van der Waals surface area contributed by atoms with Crippen LogP contribution in [0.2, 0.25) is 0 Å². The van der Waals surface area contributed by atoms with Crippen LogP contribution in [0.3, 0.4) is 0 Å². The molecule has 0 amide bonds. The summed E-state index contributed by atoms with van der Waals surface area (Å²) >= 11 is 0. The number of aliphatic hydroxyl groups is 1. The Balaban J connectivity index is 2.00. The summed E-state index contributed by atoms with van der Waals surface area (Å²) in [7, 11) is 1.66. The molecule has 1 fully saturated rings. The van der Waals surface area contributed by atoms with Gasteiger partial charge in [0.1, 0.15) is 0 Å². The average molecular weight is 249 g/mol. The van der Waals surface area contributed by atoms with Crippen LogP contribution in [0.4, 0.5) is 0 Å². The highest BCUT2D eigenvalue weighted by atomic mass is 16.5.